The number of carbonyl (C=O) groups excluding carboxylic acids is 1. The van der Waals surface area contributed by atoms with Gasteiger partial charge in [0.15, 0.2) is 0 Å². The number of fused-ring (bicyclic) bond motifs is 1. The Hall–Kier alpha value is -1.31. The number of hydrogen-bond acceptors (Lipinski definition) is 1. The van der Waals surface area contributed by atoms with Crippen molar-refractivity contribution >= 4 is 11.6 Å². The third kappa shape index (κ3) is 1.76. The van der Waals surface area contributed by atoms with Gasteiger partial charge >= 0.3 is 0 Å². The number of nitrogens with zero attached hydrogens (tertiary/aromatic N) is 1. The molecule has 1 aliphatic heterocycles. The molecule has 0 spiro atoms. The van der Waals surface area contributed by atoms with Gasteiger partial charge in [0.2, 0.25) is 5.91 Å². The van der Waals surface area contributed by atoms with Crippen LogP contribution in [0.4, 0.5) is 5.69 Å². The molecular weight excluding hydrogens is 186 g/mol. The van der Waals surface area contributed by atoms with E-state index < -0.39 is 0 Å². The molecule has 1 amide bonds. The van der Waals surface area contributed by atoms with Crippen LogP contribution in [0.1, 0.15) is 30.9 Å². The van der Waals surface area contributed by atoms with Gasteiger partial charge in [0, 0.05) is 19.2 Å². The van der Waals surface area contributed by atoms with E-state index in [-0.39, 0.29) is 5.91 Å². The Bertz CT molecular complexity index is 384. The molecule has 0 fully saturated rings. The SMILES string of the molecule is CCCc1cccc2c1CCC(=O)N2C. The van der Waals surface area contributed by atoms with Gasteiger partial charge in [-0.3, -0.25) is 4.79 Å². The molecule has 0 aliphatic carbocycles. The van der Waals surface area contributed by atoms with Crippen LogP contribution in [0.3, 0.4) is 0 Å². The van der Waals surface area contributed by atoms with Gasteiger partial charge in [0.05, 0.1) is 0 Å². The van der Waals surface area contributed by atoms with Gasteiger partial charge in [-0.15, -0.1) is 0 Å². The van der Waals surface area contributed by atoms with Crippen molar-refractivity contribution < 1.29 is 4.79 Å². The van der Waals surface area contributed by atoms with Gasteiger partial charge in [0.1, 0.15) is 0 Å². The number of amides is 1. The predicted octanol–water partition coefficient (Wildman–Crippen LogP) is 2.55. The summed E-state index contributed by atoms with van der Waals surface area (Å²) in [7, 11) is 1.87. The van der Waals surface area contributed by atoms with Crippen LogP contribution in [0.2, 0.25) is 0 Å². The monoisotopic (exact) mass is 203 g/mol. The van der Waals surface area contributed by atoms with Crippen molar-refractivity contribution in [3.05, 3.63) is 29.3 Å². The molecule has 2 heteroatoms. The molecule has 1 aliphatic rings. The molecule has 0 atom stereocenters. The van der Waals surface area contributed by atoms with Crippen LogP contribution in [-0.2, 0) is 17.6 Å². The summed E-state index contributed by atoms with van der Waals surface area (Å²) in [6, 6.07) is 6.29. The molecule has 1 heterocycles. The third-order valence-corrected chi connectivity index (χ3v) is 3.09. The average molecular weight is 203 g/mol. The van der Waals surface area contributed by atoms with Crippen molar-refractivity contribution in [2.45, 2.75) is 32.6 Å². The van der Waals surface area contributed by atoms with Crippen molar-refractivity contribution in [2.75, 3.05) is 11.9 Å². The molecule has 15 heavy (non-hydrogen) atoms. The lowest BCUT2D eigenvalue weighted by Gasteiger charge is -2.27. The molecule has 0 saturated carbocycles. The highest BCUT2D eigenvalue weighted by molar-refractivity contribution is 5.96. The lowest BCUT2D eigenvalue weighted by Crippen LogP contribution is -2.31. The summed E-state index contributed by atoms with van der Waals surface area (Å²) in [6.07, 6.45) is 3.85. The van der Waals surface area contributed by atoms with E-state index in [0.29, 0.717) is 6.42 Å². The molecule has 1 aromatic carbocycles. The van der Waals surface area contributed by atoms with Gasteiger partial charge in [-0.25, -0.2) is 0 Å². The zero-order valence-electron chi connectivity index (χ0n) is 9.42. The van der Waals surface area contributed by atoms with Crippen molar-refractivity contribution in [1.29, 1.82) is 0 Å². The fourth-order valence-corrected chi connectivity index (χ4v) is 2.26. The van der Waals surface area contributed by atoms with E-state index in [1.807, 2.05) is 13.1 Å². The van der Waals surface area contributed by atoms with Crippen molar-refractivity contribution in [2.24, 2.45) is 0 Å². The minimum absolute atomic E-state index is 0.233. The summed E-state index contributed by atoms with van der Waals surface area (Å²) in [5.74, 6) is 0.233. The minimum atomic E-state index is 0.233. The minimum Gasteiger partial charge on any atom is -0.315 e. The molecule has 0 N–H and O–H groups in total. The van der Waals surface area contributed by atoms with E-state index in [1.54, 1.807) is 4.90 Å². The Morgan fingerprint density at radius 2 is 2.13 bits per heavy atom. The second-order valence-corrected chi connectivity index (χ2v) is 4.12. The molecule has 0 saturated heterocycles. The Balaban J connectivity index is 2.43. The zero-order chi connectivity index (χ0) is 10.8. The van der Waals surface area contributed by atoms with E-state index in [1.165, 1.54) is 11.1 Å². The molecule has 80 valence electrons. The van der Waals surface area contributed by atoms with E-state index in [2.05, 4.69) is 19.1 Å². The van der Waals surface area contributed by atoms with Crippen LogP contribution >= 0.6 is 0 Å². The maximum atomic E-state index is 11.6. The fourth-order valence-electron chi connectivity index (χ4n) is 2.26. The smallest absolute Gasteiger partial charge is 0.227 e. The first kappa shape index (κ1) is 10.2. The lowest BCUT2D eigenvalue weighted by molar-refractivity contribution is -0.118. The van der Waals surface area contributed by atoms with E-state index >= 15 is 0 Å². The number of benzene rings is 1. The highest BCUT2D eigenvalue weighted by Crippen LogP contribution is 2.29. The fraction of sp³-hybridized carbons (Fsp3) is 0.462. The summed E-state index contributed by atoms with van der Waals surface area (Å²) in [6.45, 7) is 2.19. The molecule has 0 bridgehead atoms. The highest BCUT2D eigenvalue weighted by atomic mass is 16.2. The van der Waals surface area contributed by atoms with Crippen molar-refractivity contribution in [3.8, 4) is 0 Å². The van der Waals surface area contributed by atoms with E-state index in [4.69, 9.17) is 0 Å². The average Bonchev–Trinajstić information content (AvgIpc) is 2.25. The van der Waals surface area contributed by atoms with Crippen LogP contribution in [0, 0.1) is 0 Å². The Labute approximate surface area is 90.9 Å². The second-order valence-electron chi connectivity index (χ2n) is 4.12. The molecule has 2 nitrogen and oxygen atoms in total. The summed E-state index contributed by atoms with van der Waals surface area (Å²) < 4.78 is 0. The highest BCUT2D eigenvalue weighted by Gasteiger charge is 2.21. The standard InChI is InChI=1S/C13H17NO/c1-3-5-10-6-4-7-12-11(10)8-9-13(15)14(12)2/h4,6-7H,3,5,8-9H2,1-2H3. The normalized spacial score (nSPS) is 15.3. The molecule has 0 aromatic heterocycles. The molecular formula is C13H17NO. The Morgan fingerprint density at radius 3 is 2.87 bits per heavy atom. The van der Waals surface area contributed by atoms with Gasteiger partial charge in [-0.1, -0.05) is 25.5 Å². The topological polar surface area (TPSA) is 20.3 Å². The second kappa shape index (κ2) is 4.05. The van der Waals surface area contributed by atoms with Gasteiger partial charge in [-0.05, 0) is 30.0 Å². The first-order chi connectivity index (χ1) is 7.24. The van der Waals surface area contributed by atoms with Crippen molar-refractivity contribution in [3.63, 3.8) is 0 Å². The van der Waals surface area contributed by atoms with Crippen LogP contribution in [0.5, 0.6) is 0 Å². The van der Waals surface area contributed by atoms with Crippen LogP contribution in [0.15, 0.2) is 18.2 Å². The summed E-state index contributed by atoms with van der Waals surface area (Å²) in [5.41, 5.74) is 3.90. The number of aryl methyl sites for hydroxylation is 1. The van der Waals surface area contributed by atoms with Gasteiger partial charge in [-0.2, -0.15) is 0 Å². The quantitative estimate of drug-likeness (QED) is 0.723. The van der Waals surface area contributed by atoms with Crippen LogP contribution in [-0.4, -0.2) is 13.0 Å². The number of carbonyl (C=O) groups is 1. The van der Waals surface area contributed by atoms with Gasteiger partial charge < -0.3 is 4.90 Å². The largest absolute Gasteiger partial charge is 0.315 e. The first-order valence-corrected chi connectivity index (χ1v) is 5.61. The molecule has 1 aromatic rings. The summed E-state index contributed by atoms with van der Waals surface area (Å²) in [4.78, 5) is 13.3. The molecule has 2 rings (SSSR count). The van der Waals surface area contributed by atoms with Gasteiger partial charge in [0.25, 0.3) is 0 Å². The third-order valence-electron chi connectivity index (χ3n) is 3.09. The van der Waals surface area contributed by atoms with E-state index in [0.717, 1.165) is 24.9 Å². The number of rotatable bonds is 2. The lowest BCUT2D eigenvalue weighted by atomic mass is 9.94. The van der Waals surface area contributed by atoms with Crippen LogP contribution in [0.25, 0.3) is 0 Å². The van der Waals surface area contributed by atoms with Crippen molar-refractivity contribution in [1.82, 2.24) is 0 Å². The Morgan fingerprint density at radius 1 is 1.33 bits per heavy atom. The number of anilines is 1. The predicted molar refractivity (Wildman–Crippen MR) is 62.2 cm³/mol. The molecule has 0 radical (unpaired) electrons. The zero-order valence-corrected chi connectivity index (χ0v) is 9.42. The number of hydrogen-bond donors (Lipinski definition) is 0. The van der Waals surface area contributed by atoms with E-state index in [9.17, 15) is 4.79 Å². The Kier molecular flexibility index (Phi) is 2.76. The van der Waals surface area contributed by atoms with Crippen LogP contribution < -0.4 is 4.90 Å². The summed E-state index contributed by atoms with van der Waals surface area (Å²) in [5, 5.41) is 0. The maximum Gasteiger partial charge on any atom is 0.227 e. The maximum absolute atomic E-state index is 11.6. The summed E-state index contributed by atoms with van der Waals surface area (Å²) >= 11 is 0. The molecule has 0 unspecified atom stereocenters. The first-order valence-electron chi connectivity index (χ1n) is 5.61.